The van der Waals surface area contributed by atoms with Gasteiger partial charge in [-0.25, -0.2) is 15.0 Å². The summed E-state index contributed by atoms with van der Waals surface area (Å²) in [6, 6.07) is 2.49. The van der Waals surface area contributed by atoms with Gasteiger partial charge in [0.25, 0.3) is 5.91 Å². The Morgan fingerprint density at radius 3 is 2.63 bits per heavy atom. The topological polar surface area (TPSA) is 68.2 Å². The number of pyridine rings is 1. The molecule has 0 N–H and O–H groups in total. The summed E-state index contributed by atoms with van der Waals surface area (Å²) in [5, 5.41) is -0.236. The number of allylic oxidation sites excluding steroid dienone is 3. The highest BCUT2D eigenvalue weighted by molar-refractivity contribution is 6.31. The number of piperidine rings is 1. The monoisotopic (exact) mass is 506 g/mol. The first-order valence-corrected chi connectivity index (χ1v) is 11.5. The molecule has 0 saturated carbocycles. The molecule has 6 nitrogen and oxygen atoms in total. The molecule has 2 aromatic rings. The number of hydrogen-bond acceptors (Lipinski definition) is 5. The van der Waals surface area contributed by atoms with Crippen LogP contribution in [-0.2, 0) is 11.0 Å². The quantitative estimate of drug-likeness (QED) is 0.345. The summed E-state index contributed by atoms with van der Waals surface area (Å²) in [7, 11) is 0. The number of aromatic nitrogens is 3. The molecule has 3 heterocycles. The lowest BCUT2D eigenvalue weighted by Gasteiger charge is -2.33. The Labute approximate surface area is 207 Å². The maximum atomic E-state index is 13.6. The molecule has 1 amide bonds. The Balaban J connectivity index is 1.83. The van der Waals surface area contributed by atoms with Gasteiger partial charge in [-0.1, -0.05) is 36.8 Å². The number of likely N-dealkylation sites (tertiary alicyclic amines) is 1. The van der Waals surface area contributed by atoms with Gasteiger partial charge in [0.05, 0.1) is 17.7 Å². The number of rotatable bonds is 7. The number of alkyl halides is 3. The number of halogens is 4. The fraction of sp³-hybridized carbons (Fsp3) is 0.360. The van der Waals surface area contributed by atoms with Crippen molar-refractivity contribution >= 4 is 23.1 Å². The predicted molar refractivity (Wildman–Crippen MR) is 128 cm³/mol. The van der Waals surface area contributed by atoms with Crippen molar-refractivity contribution in [1.82, 2.24) is 19.9 Å². The molecule has 35 heavy (non-hydrogen) atoms. The summed E-state index contributed by atoms with van der Waals surface area (Å²) >= 11 is 6.00. The van der Waals surface area contributed by atoms with E-state index >= 15 is 0 Å². The number of amides is 1. The minimum Gasteiger partial charge on any atom is -0.471 e. The zero-order valence-electron chi connectivity index (χ0n) is 19.5. The van der Waals surface area contributed by atoms with E-state index in [0.29, 0.717) is 49.0 Å². The van der Waals surface area contributed by atoms with Crippen molar-refractivity contribution in [2.75, 3.05) is 13.1 Å². The highest BCUT2D eigenvalue weighted by Gasteiger charge is 2.33. The average Bonchev–Trinajstić information content (AvgIpc) is 2.84. The second kappa shape index (κ2) is 11.5. The molecule has 1 saturated heterocycles. The molecular formula is C25H26ClF3N4O2. The Kier molecular flexibility index (Phi) is 8.67. The van der Waals surface area contributed by atoms with Crippen LogP contribution >= 0.6 is 11.6 Å². The third-order valence-electron chi connectivity index (χ3n) is 5.61. The van der Waals surface area contributed by atoms with E-state index in [2.05, 4.69) is 21.5 Å². The van der Waals surface area contributed by atoms with Crippen molar-refractivity contribution in [2.45, 2.75) is 45.4 Å². The first kappa shape index (κ1) is 26.4. The average molecular weight is 507 g/mol. The van der Waals surface area contributed by atoms with Gasteiger partial charge in [-0.2, -0.15) is 13.2 Å². The SMILES string of the molecule is C=C/C=C(C(=O)N1CCCC(Oc2ncc(C(F)(F)F)cc2Cl)C1)\C(=C(\C)CC)c1ncccn1. The van der Waals surface area contributed by atoms with E-state index < -0.39 is 17.8 Å². The van der Waals surface area contributed by atoms with Crippen LogP contribution < -0.4 is 4.74 Å². The Hall–Kier alpha value is -3.20. The molecule has 0 radical (unpaired) electrons. The summed E-state index contributed by atoms with van der Waals surface area (Å²) in [6.45, 7) is 8.39. The van der Waals surface area contributed by atoms with Crippen LogP contribution in [0.2, 0.25) is 5.02 Å². The number of carbonyl (C=O) groups is 1. The van der Waals surface area contributed by atoms with Gasteiger partial charge in [0, 0.05) is 30.7 Å². The first-order chi connectivity index (χ1) is 16.7. The number of carbonyl (C=O) groups excluding carboxylic acids is 1. The molecule has 0 bridgehead atoms. The van der Waals surface area contributed by atoms with Crippen LogP contribution in [-0.4, -0.2) is 45.0 Å². The molecule has 1 fully saturated rings. The van der Waals surface area contributed by atoms with Crippen LogP contribution in [0.15, 0.2) is 60.6 Å². The van der Waals surface area contributed by atoms with Crippen molar-refractivity contribution < 1.29 is 22.7 Å². The van der Waals surface area contributed by atoms with Crippen LogP contribution in [0, 0.1) is 0 Å². The van der Waals surface area contributed by atoms with Gasteiger partial charge in [-0.15, -0.1) is 0 Å². The van der Waals surface area contributed by atoms with E-state index in [4.69, 9.17) is 16.3 Å². The first-order valence-electron chi connectivity index (χ1n) is 11.1. The van der Waals surface area contributed by atoms with Crippen molar-refractivity contribution in [3.63, 3.8) is 0 Å². The third kappa shape index (κ3) is 6.48. The summed E-state index contributed by atoms with van der Waals surface area (Å²) in [5.41, 5.74) is 1.05. The van der Waals surface area contributed by atoms with E-state index in [9.17, 15) is 18.0 Å². The van der Waals surface area contributed by atoms with Crippen LogP contribution in [0.5, 0.6) is 5.88 Å². The number of nitrogens with zero attached hydrogens (tertiary/aromatic N) is 4. The predicted octanol–water partition coefficient (Wildman–Crippen LogP) is 5.91. The normalized spacial score (nSPS) is 17.6. The summed E-state index contributed by atoms with van der Waals surface area (Å²) in [4.78, 5) is 27.7. The molecular weight excluding hydrogens is 481 g/mol. The smallest absolute Gasteiger partial charge is 0.417 e. The third-order valence-corrected chi connectivity index (χ3v) is 5.88. The minimum atomic E-state index is -4.55. The second-order valence-corrected chi connectivity index (χ2v) is 8.45. The summed E-state index contributed by atoms with van der Waals surface area (Å²) < 4.78 is 44.5. The Morgan fingerprint density at radius 1 is 1.31 bits per heavy atom. The molecule has 0 aliphatic carbocycles. The molecule has 2 aromatic heterocycles. The maximum Gasteiger partial charge on any atom is 0.417 e. The van der Waals surface area contributed by atoms with E-state index in [0.717, 1.165) is 11.6 Å². The number of ether oxygens (including phenoxy) is 1. The van der Waals surface area contributed by atoms with Gasteiger partial charge < -0.3 is 9.64 Å². The van der Waals surface area contributed by atoms with Gasteiger partial charge in [0.15, 0.2) is 5.82 Å². The Bertz CT molecular complexity index is 1130. The molecule has 1 aliphatic rings. The zero-order valence-corrected chi connectivity index (χ0v) is 20.2. The molecule has 186 valence electrons. The molecule has 1 aliphatic heterocycles. The summed E-state index contributed by atoms with van der Waals surface area (Å²) in [5.74, 6) is 0.111. The molecule has 1 atom stereocenters. The lowest BCUT2D eigenvalue weighted by Crippen LogP contribution is -2.45. The van der Waals surface area contributed by atoms with Crippen molar-refractivity contribution in [3.05, 3.63) is 77.0 Å². The fourth-order valence-electron chi connectivity index (χ4n) is 3.74. The fourth-order valence-corrected chi connectivity index (χ4v) is 3.95. The molecule has 0 spiro atoms. The lowest BCUT2D eigenvalue weighted by atomic mass is 9.95. The highest BCUT2D eigenvalue weighted by atomic mass is 35.5. The highest BCUT2D eigenvalue weighted by Crippen LogP contribution is 2.34. The van der Waals surface area contributed by atoms with E-state index in [1.54, 1.807) is 35.5 Å². The van der Waals surface area contributed by atoms with Crippen LogP contribution in [0.25, 0.3) is 5.57 Å². The largest absolute Gasteiger partial charge is 0.471 e. The van der Waals surface area contributed by atoms with Gasteiger partial charge in [0.2, 0.25) is 5.88 Å². The lowest BCUT2D eigenvalue weighted by molar-refractivity contribution is -0.138. The molecule has 10 heteroatoms. The van der Waals surface area contributed by atoms with Crippen LogP contribution in [0.1, 0.15) is 44.5 Å². The number of hydrogen-bond donors (Lipinski definition) is 0. The molecule has 0 aromatic carbocycles. The van der Waals surface area contributed by atoms with E-state index in [1.807, 2.05) is 13.8 Å². The second-order valence-electron chi connectivity index (χ2n) is 8.04. The summed E-state index contributed by atoms with van der Waals surface area (Å²) in [6.07, 6.45) is 4.01. The van der Waals surface area contributed by atoms with Crippen molar-refractivity contribution in [3.8, 4) is 5.88 Å². The maximum absolute atomic E-state index is 13.6. The van der Waals surface area contributed by atoms with Gasteiger partial charge in [0.1, 0.15) is 11.1 Å². The molecule has 1 unspecified atom stereocenters. The zero-order chi connectivity index (χ0) is 25.6. The van der Waals surface area contributed by atoms with Gasteiger partial charge >= 0.3 is 6.18 Å². The minimum absolute atomic E-state index is 0.0964. The molecule has 3 rings (SSSR count). The standard InChI is InChI=1S/C25H26ClF3N4O2/c1-4-8-19(21(16(3)5-2)22-30-10-7-11-31-22)24(34)33-12-6-9-18(15-33)35-23-20(26)13-17(14-32-23)25(27,28)29/h4,7-8,10-11,13-14,18H,1,5-6,9,12,15H2,2-3H3/b19-8+,21-16+. The van der Waals surface area contributed by atoms with Crippen LogP contribution in [0.3, 0.4) is 0 Å². The van der Waals surface area contributed by atoms with Crippen molar-refractivity contribution in [2.24, 2.45) is 0 Å². The van der Waals surface area contributed by atoms with Crippen LogP contribution in [0.4, 0.5) is 13.2 Å². The van der Waals surface area contributed by atoms with Gasteiger partial charge in [-0.05, 0) is 44.4 Å². The van der Waals surface area contributed by atoms with Crippen molar-refractivity contribution in [1.29, 1.82) is 0 Å². The Morgan fingerprint density at radius 2 is 2.03 bits per heavy atom. The van der Waals surface area contributed by atoms with E-state index in [1.165, 1.54) is 0 Å². The van der Waals surface area contributed by atoms with Gasteiger partial charge in [-0.3, -0.25) is 4.79 Å². The van der Waals surface area contributed by atoms with E-state index in [-0.39, 0.29) is 23.4 Å².